The first-order valence-electron chi connectivity index (χ1n) is 10.1. The van der Waals surface area contributed by atoms with Gasteiger partial charge in [0.2, 0.25) is 0 Å². The highest BCUT2D eigenvalue weighted by molar-refractivity contribution is 5.92. The third kappa shape index (κ3) is 3.24. The van der Waals surface area contributed by atoms with Crippen LogP contribution in [0.4, 0.5) is 5.69 Å². The number of carbonyl (C=O) groups is 1. The van der Waals surface area contributed by atoms with Crippen molar-refractivity contribution < 1.29 is 19.0 Å². The Labute approximate surface area is 177 Å². The van der Waals surface area contributed by atoms with Gasteiger partial charge in [0.05, 0.1) is 18.2 Å². The summed E-state index contributed by atoms with van der Waals surface area (Å²) in [5, 5.41) is 3.61. The largest absolute Gasteiger partial charge is 0.492 e. The first-order valence-corrected chi connectivity index (χ1v) is 10.1. The van der Waals surface area contributed by atoms with Crippen molar-refractivity contribution in [3.63, 3.8) is 0 Å². The molecule has 0 fully saturated rings. The Hall–Kier alpha value is -3.21. The summed E-state index contributed by atoms with van der Waals surface area (Å²) < 4.78 is 17.5. The summed E-state index contributed by atoms with van der Waals surface area (Å²) in [7, 11) is 1.58. The monoisotopic (exact) mass is 405 g/mol. The highest BCUT2D eigenvalue weighted by Crippen LogP contribution is 2.54. The van der Waals surface area contributed by atoms with Gasteiger partial charge in [0.1, 0.15) is 11.9 Å². The van der Waals surface area contributed by atoms with Crippen LogP contribution in [0.2, 0.25) is 0 Å². The van der Waals surface area contributed by atoms with Crippen LogP contribution in [-0.2, 0) is 4.79 Å². The Kier molecular flexibility index (Phi) is 4.85. The molecule has 2 aromatic rings. The van der Waals surface area contributed by atoms with Gasteiger partial charge in [-0.25, -0.2) is 0 Å². The van der Waals surface area contributed by atoms with Gasteiger partial charge in [-0.2, -0.15) is 0 Å². The second kappa shape index (κ2) is 7.24. The molecule has 0 aliphatic carbocycles. The lowest BCUT2D eigenvalue weighted by molar-refractivity contribution is -0.132. The third-order valence-corrected chi connectivity index (χ3v) is 5.46. The summed E-state index contributed by atoms with van der Waals surface area (Å²) in [6, 6.07) is 7.74. The number of methoxy groups -OCH3 is 1. The number of benzene rings is 2. The molecule has 0 saturated carbocycles. The van der Waals surface area contributed by atoms with E-state index in [1.54, 1.807) is 13.2 Å². The molecule has 2 heterocycles. The zero-order valence-electron chi connectivity index (χ0n) is 18.1. The second-order valence-electron chi connectivity index (χ2n) is 8.32. The zero-order valence-corrected chi connectivity index (χ0v) is 18.1. The van der Waals surface area contributed by atoms with Crippen molar-refractivity contribution >= 4 is 17.2 Å². The predicted molar refractivity (Wildman–Crippen MR) is 119 cm³/mol. The zero-order chi connectivity index (χ0) is 21.6. The molecule has 30 heavy (non-hydrogen) atoms. The van der Waals surface area contributed by atoms with Crippen molar-refractivity contribution in [2.45, 2.75) is 45.8 Å². The van der Waals surface area contributed by atoms with Gasteiger partial charge in [0.15, 0.2) is 11.5 Å². The molecule has 0 saturated heterocycles. The third-order valence-electron chi connectivity index (χ3n) is 5.46. The Morgan fingerprint density at radius 2 is 2.03 bits per heavy atom. The summed E-state index contributed by atoms with van der Waals surface area (Å²) >= 11 is 0. The van der Waals surface area contributed by atoms with Gasteiger partial charge >= 0.3 is 5.97 Å². The van der Waals surface area contributed by atoms with Gasteiger partial charge < -0.3 is 19.5 Å². The Balaban J connectivity index is 2.01. The molecule has 0 radical (unpaired) electrons. The lowest BCUT2D eigenvalue weighted by Gasteiger charge is -2.37. The summed E-state index contributed by atoms with van der Waals surface area (Å²) in [6.07, 6.45) is 4.62. The number of hydrogen-bond acceptors (Lipinski definition) is 5. The minimum Gasteiger partial charge on any atom is -0.492 e. The van der Waals surface area contributed by atoms with E-state index in [0.717, 1.165) is 27.9 Å². The Bertz CT molecular complexity index is 1080. The molecular weight excluding hydrogens is 378 g/mol. The number of ether oxygens (including phenoxy) is 3. The summed E-state index contributed by atoms with van der Waals surface area (Å²) in [6.45, 7) is 11.7. The van der Waals surface area contributed by atoms with Crippen molar-refractivity contribution in [3.8, 4) is 28.4 Å². The summed E-state index contributed by atoms with van der Waals surface area (Å²) in [5.74, 6) is 1.18. The smallest absolute Gasteiger partial charge is 0.308 e. The van der Waals surface area contributed by atoms with Gasteiger partial charge in [0.25, 0.3) is 0 Å². The van der Waals surface area contributed by atoms with Crippen LogP contribution in [0, 0.1) is 0 Å². The van der Waals surface area contributed by atoms with E-state index < -0.39 is 5.97 Å². The summed E-state index contributed by atoms with van der Waals surface area (Å²) in [5.41, 5.74) is 6.19. The van der Waals surface area contributed by atoms with E-state index in [4.69, 9.17) is 14.2 Å². The van der Waals surface area contributed by atoms with Gasteiger partial charge in [-0.3, -0.25) is 4.79 Å². The molecule has 1 atom stereocenters. The standard InChI is InChI=1S/C25H27NO4/c1-7-8-18-22-16(9-10-17-21(22)14(2)13-25(4,5)26-17)23-19(30-18)11-12-20(24(23)28-6)29-15(3)27/h7,9-13,18,26H,1,8H2,2-6H3. The molecule has 5 heteroatoms. The van der Waals surface area contributed by atoms with Crippen LogP contribution >= 0.6 is 0 Å². The van der Waals surface area contributed by atoms with Crippen LogP contribution in [-0.4, -0.2) is 18.6 Å². The molecule has 2 aliphatic rings. The average Bonchev–Trinajstić information content (AvgIpc) is 2.66. The number of fused-ring (bicyclic) bond motifs is 5. The maximum atomic E-state index is 11.6. The molecule has 5 nitrogen and oxygen atoms in total. The molecule has 2 aromatic carbocycles. The maximum Gasteiger partial charge on any atom is 0.308 e. The molecule has 2 aliphatic heterocycles. The van der Waals surface area contributed by atoms with Crippen molar-refractivity contribution in [1.29, 1.82) is 0 Å². The normalized spacial score (nSPS) is 17.9. The van der Waals surface area contributed by atoms with E-state index in [9.17, 15) is 4.79 Å². The number of carbonyl (C=O) groups excluding carboxylic acids is 1. The minimum atomic E-state index is -0.398. The van der Waals surface area contributed by atoms with Crippen LogP contribution in [0.3, 0.4) is 0 Å². The van der Waals surface area contributed by atoms with E-state index in [-0.39, 0.29) is 11.6 Å². The fraction of sp³-hybridized carbons (Fsp3) is 0.320. The van der Waals surface area contributed by atoms with Crippen molar-refractivity contribution in [2.75, 3.05) is 12.4 Å². The maximum absolute atomic E-state index is 11.6. The van der Waals surface area contributed by atoms with E-state index in [2.05, 4.69) is 50.9 Å². The molecule has 1 N–H and O–H groups in total. The molecule has 0 aromatic heterocycles. The second-order valence-corrected chi connectivity index (χ2v) is 8.32. The molecule has 1 unspecified atom stereocenters. The van der Waals surface area contributed by atoms with Gasteiger partial charge in [-0.05, 0) is 50.1 Å². The molecule has 0 bridgehead atoms. The van der Waals surface area contributed by atoms with E-state index in [1.165, 1.54) is 12.5 Å². The topological polar surface area (TPSA) is 56.8 Å². The number of esters is 1. The van der Waals surface area contributed by atoms with Crippen LogP contribution in [0.5, 0.6) is 17.2 Å². The highest BCUT2D eigenvalue weighted by Gasteiger charge is 2.35. The summed E-state index contributed by atoms with van der Waals surface area (Å²) in [4.78, 5) is 11.6. The minimum absolute atomic E-state index is 0.132. The van der Waals surface area contributed by atoms with Crippen LogP contribution in [0.25, 0.3) is 16.7 Å². The molecule has 0 amide bonds. The lowest BCUT2D eigenvalue weighted by Crippen LogP contribution is -2.32. The van der Waals surface area contributed by atoms with Gasteiger partial charge in [-0.1, -0.05) is 18.2 Å². The van der Waals surface area contributed by atoms with E-state index in [1.807, 2.05) is 12.1 Å². The first-order chi connectivity index (χ1) is 14.3. The van der Waals surface area contributed by atoms with E-state index >= 15 is 0 Å². The van der Waals surface area contributed by atoms with E-state index in [0.29, 0.717) is 23.7 Å². The van der Waals surface area contributed by atoms with Crippen molar-refractivity contribution in [3.05, 3.63) is 54.1 Å². The predicted octanol–water partition coefficient (Wildman–Crippen LogP) is 5.90. The van der Waals surface area contributed by atoms with Crippen molar-refractivity contribution in [1.82, 2.24) is 0 Å². The molecule has 4 rings (SSSR count). The Morgan fingerprint density at radius 3 is 2.70 bits per heavy atom. The number of nitrogens with one attached hydrogen (secondary N) is 1. The number of allylic oxidation sites excluding steroid dienone is 1. The number of hydrogen-bond donors (Lipinski definition) is 1. The fourth-order valence-corrected chi connectivity index (χ4v) is 4.56. The SMILES string of the molecule is C=CCC1Oc2ccc(OC(C)=O)c(OC)c2-c2ccc3c(c21)C(C)=CC(C)(C)N3. The fourth-order valence-electron chi connectivity index (χ4n) is 4.56. The van der Waals surface area contributed by atoms with Crippen LogP contribution < -0.4 is 19.5 Å². The molecule has 0 spiro atoms. The quantitative estimate of drug-likeness (QED) is 0.390. The first kappa shape index (κ1) is 20.1. The number of rotatable bonds is 4. The van der Waals surface area contributed by atoms with Gasteiger partial charge in [0, 0.05) is 30.2 Å². The van der Waals surface area contributed by atoms with Crippen LogP contribution in [0.15, 0.2) is 43.0 Å². The molecule has 156 valence electrons. The number of anilines is 1. The van der Waals surface area contributed by atoms with Crippen LogP contribution in [0.1, 0.15) is 51.3 Å². The highest BCUT2D eigenvalue weighted by atomic mass is 16.6. The van der Waals surface area contributed by atoms with Crippen molar-refractivity contribution in [2.24, 2.45) is 0 Å². The average molecular weight is 405 g/mol. The lowest BCUT2D eigenvalue weighted by atomic mass is 9.81. The molecular formula is C25H27NO4. The van der Waals surface area contributed by atoms with Gasteiger partial charge in [-0.15, -0.1) is 6.58 Å². The Morgan fingerprint density at radius 1 is 1.27 bits per heavy atom.